The van der Waals surface area contributed by atoms with Gasteiger partial charge in [-0.3, -0.25) is 75.4 Å². The summed E-state index contributed by atoms with van der Waals surface area (Å²) in [6, 6.07) is 0. The summed E-state index contributed by atoms with van der Waals surface area (Å²) in [5.41, 5.74) is 0. The zero-order valence-electron chi connectivity index (χ0n) is 15.8. The highest BCUT2D eigenvalue weighted by Crippen LogP contribution is 2.23. The molecule has 0 spiro atoms. The highest BCUT2D eigenvalue weighted by atomic mass is 19.2. The van der Waals surface area contributed by atoms with Crippen LogP contribution in [0.1, 0.15) is 0 Å². The molecule has 24 heteroatoms. The van der Waals surface area contributed by atoms with Crippen LogP contribution in [0.5, 0.6) is 0 Å². The van der Waals surface area contributed by atoms with Crippen LogP contribution in [0.15, 0.2) is 0 Å². The lowest BCUT2D eigenvalue weighted by atomic mass is 10.3. The van der Waals surface area contributed by atoms with Crippen molar-refractivity contribution in [3.63, 3.8) is 0 Å². The maximum absolute atomic E-state index is 14.2. The van der Waals surface area contributed by atoms with Gasteiger partial charge in [0.1, 0.15) is 29.5 Å². The van der Waals surface area contributed by atoms with Gasteiger partial charge in [-0.05, 0) is 0 Å². The molecule has 186 valence electrons. The van der Waals surface area contributed by atoms with E-state index in [0.717, 1.165) is 0 Å². The second-order valence-electron chi connectivity index (χ2n) is 6.61. The summed E-state index contributed by atoms with van der Waals surface area (Å²) < 4.78 is 42.6. The minimum absolute atomic E-state index is 0.287. The molecule has 0 bridgehead atoms. The zero-order valence-corrected chi connectivity index (χ0v) is 15.8. The Balaban J connectivity index is 3.34. The molecule has 0 radical (unpaired) electrons. The second-order valence-corrected chi connectivity index (χ2v) is 6.61. The number of alkyl halides is 3. The van der Waals surface area contributed by atoms with E-state index in [9.17, 15) is 73.9 Å². The first-order chi connectivity index (χ1) is 14.9. The van der Waals surface area contributed by atoms with Crippen molar-refractivity contribution < 1.29 is 42.7 Å². The minimum atomic E-state index is -4.45. The van der Waals surface area contributed by atoms with Crippen LogP contribution in [-0.4, -0.2) is 102 Å². The van der Waals surface area contributed by atoms with Gasteiger partial charge in [-0.25, -0.2) is 0 Å². The van der Waals surface area contributed by atoms with E-state index in [1.807, 2.05) is 0 Å². The molecule has 1 saturated heterocycles. The van der Waals surface area contributed by atoms with Crippen LogP contribution in [0.2, 0.25) is 0 Å². The molecule has 33 heavy (non-hydrogen) atoms. The fourth-order valence-corrected chi connectivity index (χ4v) is 2.68. The van der Waals surface area contributed by atoms with Crippen molar-refractivity contribution in [2.24, 2.45) is 0 Å². The van der Waals surface area contributed by atoms with Crippen LogP contribution in [0.4, 0.5) is 13.2 Å². The summed E-state index contributed by atoms with van der Waals surface area (Å²) in [4.78, 5) is 53.5. The summed E-state index contributed by atoms with van der Waals surface area (Å²) in [5, 5.41) is 64.6. The van der Waals surface area contributed by atoms with Gasteiger partial charge < -0.3 is 0 Å². The Kier molecular flexibility index (Phi) is 7.63. The van der Waals surface area contributed by atoms with Gasteiger partial charge >= 0.3 is 17.7 Å². The fourth-order valence-electron chi connectivity index (χ4n) is 2.68. The fraction of sp³-hybridized carbons (Fsp3) is 1.00. The number of rotatable bonds is 12. The van der Waals surface area contributed by atoms with Crippen molar-refractivity contribution in [2.75, 3.05) is 39.6 Å². The number of hydrogen-bond donors (Lipinski definition) is 0. The van der Waals surface area contributed by atoms with Crippen LogP contribution >= 0.6 is 0 Å². The molecule has 0 atom stereocenters. The van der Waals surface area contributed by atoms with Crippen LogP contribution < -0.4 is 0 Å². The lowest BCUT2D eigenvalue weighted by Gasteiger charge is -2.40. The Morgan fingerprint density at radius 2 is 0.636 bits per heavy atom. The molecular formula is C9H12F3N9O12. The molecular weight excluding hydrogens is 483 g/mol. The highest BCUT2D eigenvalue weighted by molar-refractivity contribution is 4.76. The summed E-state index contributed by atoms with van der Waals surface area (Å²) in [6.45, 7) is -8.63. The average Bonchev–Trinajstić information content (AvgIpc) is 2.66. The number of halogens is 3. The van der Waals surface area contributed by atoms with Crippen molar-refractivity contribution in [2.45, 2.75) is 17.7 Å². The van der Waals surface area contributed by atoms with E-state index in [2.05, 4.69) is 0 Å². The van der Waals surface area contributed by atoms with Gasteiger partial charge in [-0.1, -0.05) is 13.2 Å². The van der Waals surface area contributed by atoms with Gasteiger partial charge in [0.05, 0.1) is 20.0 Å². The molecule has 21 nitrogen and oxygen atoms in total. The van der Waals surface area contributed by atoms with Gasteiger partial charge in [0.2, 0.25) is 0 Å². The Morgan fingerprint density at radius 1 is 0.485 bits per heavy atom. The van der Waals surface area contributed by atoms with Crippen molar-refractivity contribution in [1.29, 1.82) is 0 Å². The topological polar surface area (TPSA) is 269 Å². The molecule has 1 aliphatic rings. The van der Waals surface area contributed by atoms with Crippen LogP contribution in [0.25, 0.3) is 0 Å². The van der Waals surface area contributed by atoms with Crippen LogP contribution in [-0.2, 0) is 0 Å². The van der Waals surface area contributed by atoms with Crippen molar-refractivity contribution in [1.82, 2.24) is 14.7 Å². The molecule has 0 N–H and O–H groups in total. The molecule has 0 saturated carbocycles. The van der Waals surface area contributed by atoms with Crippen LogP contribution in [0.3, 0.4) is 0 Å². The Labute approximate surface area is 176 Å². The smallest absolute Gasteiger partial charge is 0.261 e. The van der Waals surface area contributed by atoms with E-state index in [0.29, 0.717) is 0 Å². The van der Waals surface area contributed by atoms with Gasteiger partial charge in [-0.2, -0.15) is 0 Å². The molecule has 0 unspecified atom stereocenters. The van der Waals surface area contributed by atoms with E-state index >= 15 is 0 Å². The van der Waals surface area contributed by atoms with E-state index in [4.69, 9.17) is 0 Å². The number of hydrogen-bond acceptors (Lipinski definition) is 15. The summed E-state index contributed by atoms with van der Waals surface area (Å²) >= 11 is 0. The summed E-state index contributed by atoms with van der Waals surface area (Å²) in [6.07, 6.45) is 0. The molecule has 1 heterocycles. The maximum Gasteiger partial charge on any atom is 0.626 e. The third-order valence-corrected chi connectivity index (χ3v) is 4.15. The van der Waals surface area contributed by atoms with Crippen molar-refractivity contribution >= 4 is 0 Å². The van der Waals surface area contributed by atoms with Crippen molar-refractivity contribution in [3.05, 3.63) is 60.7 Å². The SMILES string of the molecule is O=[N+]([O-])C(F)(CN1CN(CC(F)([N+](=O)[O-])[N+](=O)[O-])CN(CC(F)([N+](=O)[O-])[N+](=O)[O-])C1)[N+](=O)[O-]. The molecule has 0 amide bonds. The second kappa shape index (κ2) is 9.28. The van der Waals surface area contributed by atoms with Gasteiger partial charge in [0.25, 0.3) is 0 Å². The highest BCUT2D eigenvalue weighted by Gasteiger charge is 2.64. The Hall–Kier alpha value is -3.93. The third kappa shape index (κ3) is 5.47. The quantitative estimate of drug-likeness (QED) is 0.126. The van der Waals surface area contributed by atoms with Gasteiger partial charge in [-0.15, -0.1) is 0 Å². The van der Waals surface area contributed by atoms with Crippen LogP contribution in [0, 0.1) is 60.7 Å². The molecule has 0 aromatic rings. The predicted octanol–water partition coefficient (Wildman–Crippen LogP) is -1.69. The molecule has 0 aromatic carbocycles. The van der Waals surface area contributed by atoms with E-state index in [1.165, 1.54) is 0 Å². The van der Waals surface area contributed by atoms with Crippen molar-refractivity contribution in [3.8, 4) is 0 Å². The molecule has 1 fully saturated rings. The number of nitro groups is 6. The molecule has 1 aliphatic heterocycles. The Bertz CT molecular complexity index is 717. The van der Waals surface area contributed by atoms with E-state index in [1.54, 1.807) is 0 Å². The normalized spacial score (nSPS) is 16.8. The Morgan fingerprint density at radius 3 is 0.758 bits per heavy atom. The standard InChI is InChI=1S/C9H12F3N9O12/c10-7(16(22)23,17(24)25)1-13-4-14(2-8(11,18(26)27)19(28)29)6-15(5-13)3-9(12,20(30)31)21(32)33/h1-6H2. The average molecular weight is 495 g/mol. The van der Waals surface area contributed by atoms with Gasteiger partial charge in [0, 0.05) is 0 Å². The monoisotopic (exact) mass is 495 g/mol. The summed E-state index contributed by atoms with van der Waals surface area (Å²) in [5.74, 6) is -13.4. The lowest BCUT2D eigenvalue weighted by molar-refractivity contribution is -0.832. The minimum Gasteiger partial charge on any atom is -0.261 e. The largest absolute Gasteiger partial charge is 0.626 e. The predicted molar refractivity (Wildman–Crippen MR) is 88.2 cm³/mol. The first-order valence-corrected chi connectivity index (χ1v) is 8.01. The summed E-state index contributed by atoms with van der Waals surface area (Å²) in [7, 11) is 0. The number of nitrogens with zero attached hydrogens (tertiary/aromatic N) is 9. The maximum atomic E-state index is 14.2. The zero-order chi connectivity index (χ0) is 25.9. The van der Waals surface area contributed by atoms with Gasteiger partial charge in [0.15, 0.2) is 19.6 Å². The van der Waals surface area contributed by atoms with E-state index in [-0.39, 0.29) is 14.7 Å². The van der Waals surface area contributed by atoms with E-state index < -0.39 is 86.9 Å². The molecule has 0 aromatic heterocycles. The molecule has 1 rings (SSSR count). The third-order valence-electron chi connectivity index (χ3n) is 4.15. The molecule has 0 aliphatic carbocycles. The first kappa shape index (κ1) is 27.1. The first-order valence-electron chi connectivity index (χ1n) is 8.01. The lowest BCUT2D eigenvalue weighted by Crippen LogP contribution is -2.65.